The smallest absolute Gasteiger partial charge is 0.165 e. The van der Waals surface area contributed by atoms with Crippen LogP contribution >= 0.6 is 0 Å². The monoisotopic (exact) mass is 264 g/mol. The Balaban J connectivity index is 2.66. The summed E-state index contributed by atoms with van der Waals surface area (Å²) in [5.41, 5.74) is -0.822. The van der Waals surface area contributed by atoms with Gasteiger partial charge in [-0.2, -0.15) is 0 Å². The molecule has 0 aliphatic carbocycles. The highest BCUT2D eigenvalue weighted by Crippen LogP contribution is 2.27. The minimum atomic E-state index is -3.11. The van der Waals surface area contributed by atoms with Crippen molar-refractivity contribution in [3.05, 3.63) is 0 Å². The van der Waals surface area contributed by atoms with Crippen molar-refractivity contribution < 1.29 is 22.7 Å². The summed E-state index contributed by atoms with van der Waals surface area (Å²) in [5, 5.41) is 0. The van der Waals surface area contributed by atoms with E-state index in [4.69, 9.17) is 9.47 Å². The van der Waals surface area contributed by atoms with Crippen LogP contribution < -0.4 is 0 Å². The van der Waals surface area contributed by atoms with Gasteiger partial charge in [0.1, 0.15) is 15.4 Å². The topological polar surface area (TPSA) is 69.7 Å². The van der Waals surface area contributed by atoms with Crippen molar-refractivity contribution in [3.63, 3.8) is 0 Å². The van der Waals surface area contributed by atoms with Crippen LogP contribution in [-0.2, 0) is 24.1 Å². The normalized spacial score (nSPS) is 20.1. The molecule has 17 heavy (non-hydrogen) atoms. The second-order valence-corrected chi connectivity index (χ2v) is 6.60. The SMILES string of the molecule is CCOC1(C(=O)CCS(C)(=O)=O)CCOCC1. The number of hydrogen-bond donors (Lipinski definition) is 0. The molecule has 1 fully saturated rings. The molecule has 0 aromatic heterocycles. The molecule has 0 amide bonds. The summed E-state index contributed by atoms with van der Waals surface area (Å²) < 4.78 is 32.9. The lowest BCUT2D eigenvalue weighted by molar-refractivity contribution is -0.157. The fourth-order valence-corrected chi connectivity index (χ4v) is 2.54. The Kier molecular flexibility index (Phi) is 5.09. The third kappa shape index (κ3) is 4.37. The predicted octanol–water partition coefficient (Wildman–Crippen LogP) is 0.576. The van der Waals surface area contributed by atoms with E-state index in [0.717, 1.165) is 6.26 Å². The van der Waals surface area contributed by atoms with E-state index >= 15 is 0 Å². The number of rotatable bonds is 6. The van der Waals surface area contributed by atoms with E-state index in [1.165, 1.54) is 0 Å². The highest BCUT2D eigenvalue weighted by atomic mass is 32.2. The quantitative estimate of drug-likeness (QED) is 0.701. The van der Waals surface area contributed by atoms with Gasteiger partial charge >= 0.3 is 0 Å². The van der Waals surface area contributed by atoms with Gasteiger partial charge in [-0.25, -0.2) is 8.42 Å². The first kappa shape index (κ1) is 14.6. The lowest BCUT2D eigenvalue weighted by atomic mass is 9.88. The molecule has 1 aliphatic heterocycles. The van der Waals surface area contributed by atoms with Crippen LogP contribution in [0.1, 0.15) is 26.2 Å². The Morgan fingerprint density at radius 1 is 1.35 bits per heavy atom. The maximum absolute atomic E-state index is 12.1. The molecule has 0 unspecified atom stereocenters. The number of ether oxygens (including phenoxy) is 2. The van der Waals surface area contributed by atoms with Crippen molar-refractivity contribution >= 4 is 15.6 Å². The van der Waals surface area contributed by atoms with Crippen molar-refractivity contribution in [1.29, 1.82) is 0 Å². The van der Waals surface area contributed by atoms with Gasteiger partial charge < -0.3 is 9.47 Å². The molecule has 0 spiro atoms. The van der Waals surface area contributed by atoms with Gasteiger partial charge in [-0.05, 0) is 6.92 Å². The first-order valence-electron chi connectivity index (χ1n) is 5.82. The van der Waals surface area contributed by atoms with E-state index < -0.39 is 15.4 Å². The summed E-state index contributed by atoms with van der Waals surface area (Å²) in [7, 11) is -3.11. The lowest BCUT2D eigenvalue weighted by Crippen LogP contribution is -2.47. The van der Waals surface area contributed by atoms with Crippen molar-refractivity contribution in [2.24, 2.45) is 0 Å². The highest BCUT2D eigenvalue weighted by molar-refractivity contribution is 7.90. The molecule has 1 aliphatic rings. The van der Waals surface area contributed by atoms with Gasteiger partial charge in [-0.1, -0.05) is 0 Å². The van der Waals surface area contributed by atoms with Crippen molar-refractivity contribution in [2.75, 3.05) is 31.8 Å². The van der Waals surface area contributed by atoms with E-state index in [1.54, 1.807) is 0 Å². The third-order valence-corrected chi connectivity index (χ3v) is 3.87. The average Bonchev–Trinajstić information content (AvgIpc) is 2.26. The summed E-state index contributed by atoms with van der Waals surface area (Å²) in [4.78, 5) is 12.1. The molecule has 0 saturated carbocycles. The molecule has 0 aromatic rings. The molecule has 1 saturated heterocycles. The van der Waals surface area contributed by atoms with Crippen LogP contribution in [0.3, 0.4) is 0 Å². The van der Waals surface area contributed by atoms with E-state index in [1.807, 2.05) is 6.92 Å². The Bertz CT molecular complexity index is 349. The van der Waals surface area contributed by atoms with Gasteiger partial charge in [0, 0.05) is 45.3 Å². The summed E-state index contributed by atoms with van der Waals surface area (Å²) >= 11 is 0. The second kappa shape index (κ2) is 5.93. The van der Waals surface area contributed by atoms with Crippen LogP contribution in [0.4, 0.5) is 0 Å². The molecule has 0 radical (unpaired) electrons. The van der Waals surface area contributed by atoms with E-state index in [-0.39, 0.29) is 18.0 Å². The molecular weight excluding hydrogens is 244 g/mol. The van der Waals surface area contributed by atoms with Gasteiger partial charge in [-0.15, -0.1) is 0 Å². The second-order valence-electron chi connectivity index (χ2n) is 4.34. The summed E-state index contributed by atoms with van der Waals surface area (Å²) in [5.74, 6) is -0.227. The zero-order valence-electron chi connectivity index (χ0n) is 10.4. The molecule has 0 atom stereocenters. The summed E-state index contributed by atoms with van der Waals surface area (Å²) in [6.07, 6.45) is 2.20. The molecule has 1 rings (SSSR count). The van der Waals surface area contributed by atoms with Gasteiger partial charge in [0.05, 0.1) is 5.75 Å². The van der Waals surface area contributed by atoms with E-state index in [0.29, 0.717) is 32.7 Å². The van der Waals surface area contributed by atoms with Gasteiger partial charge in [0.15, 0.2) is 5.78 Å². The average molecular weight is 264 g/mol. The van der Waals surface area contributed by atoms with E-state index in [9.17, 15) is 13.2 Å². The largest absolute Gasteiger partial charge is 0.381 e. The molecular formula is C11H20O5S. The van der Waals surface area contributed by atoms with Crippen LogP contribution in [0.2, 0.25) is 0 Å². The number of carbonyl (C=O) groups excluding carboxylic acids is 1. The minimum Gasteiger partial charge on any atom is -0.381 e. The molecule has 0 aromatic carbocycles. The Morgan fingerprint density at radius 3 is 2.41 bits per heavy atom. The van der Waals surface area contributed by atoms with Crippen LogP contribution in [0.25, 0.3) is 0 Å². The number of ketones is 1. The van der Waals surface area contributed by atoms with Crippen molar-refractivity contribution in [1.82, 2.24) is 0 Å². The molecule has 100 valence electrons. The van der Waals surface area contributed by atoms with Crippen LogP contribution in [0.5, 0.6) is 0 Å². The number of sulfone groups is 1. The molecule has 1 heterocycles. The number of hydrogen-bond acceptors (Lipinski definition) is 5. The zero-order valence-corrected chi connectivity index (χ0v) is 11.2. The summed E-state index contributed by atoms with van der Waals surface area (Å²) in [6.45, 7) is 3.26. The van der Waals surface area contributed by atoms with Crippen LogP contribution in [0.15, 0.2) is 0 Å². The number of carbonyl (C=O) groups is 1. The first-order chi connectivity index (χ1) is 7.90. The predicted molar refractivity (Wildman–Crippen MR) is 63.7 cm³/mol. The molecule has 6 heteroatoms. The standard InChI is InChI=1S/C11H20O5S/c1-3-16-11(5-7-15-8-6-11)10(12)4-9-17(2,13)14/h3-9H2,1-2H3. The van der Waals surface area contributed by atoms with Crippen LogP contribution in [0, 0.1) is 0 Å². The van der Waals surface area contributed by atoms with E-state index in [2.05, 4.69) is 0 Å². The molecule has 0 N–H and O–H groups in total. The highest BCUT2D eigenvalue weighted by Gasteiger charge is 2.40. The zero-order chi connectivity index (χ0) is 12.9. The summed E-state index contributed by atoms with van der Waals surface area (Å²) in [6, 6.07) is 0. The van der Waals surface area contributed by atoms with Gasteiger partial charge in [0.2, 0.25) is 0 Å². The number of Topliss-reactive ketones (excluding diaryl/α,β-unsaturated/α-hetero) is 1. The third-order valence-electron chi connectivity index (χ3n) is 2.93. The van der Waals surface area contributed by atoms with Gasteiger partial charge in [-0.3, -0.25) is 4.79 Å². The first-order valence-corrected chi connectivity index (χ1v) is 7.88. The van der Waals surface area contributed by atoms with Crippen molar-refractivity contribution in [3.8, 4) is 0 Å². The minimum absolute atomic E-state index is 0.0266. The lowest BCUT2D eigenvalue weighted by Gasteiger charge is -2.35. The molecule has 5 nitrogen and oxygen atoms in total. The Hall–Kier alpha value is -0.460. The fraction of sp³-hybridized carbons (Fsp3) is 0.909. The van der Waals surface area contributed by atoms with Crippen LogP contribution in [-0.4, -0.2) is 51.6 Å². The maximum atomic E-state index is 12.1. The van der Waals surface area contributed by atoms with Crippen molar-refractivity contribution in [2.45, 2.75) is 31.8 Å². The Morgan fingerprint density at radius 2 is 1.94 bits per heavy atom. The Labute approximate surface area is 102 Å². The fourth-order valence-electron chi connectivity index (χ4n) is 1.99. The van der Waals surface area contributed by atoms with Gasteiger partial charge in [0.25, 0.3) is 0 Å². The maximum Gasteiger partial charge on any atom is 0.165 e. The molecule has 0 bridgehead atoms.